The van der Waals surface area contributed by atoms with Gasteiger partial charge in [0.05, 0.1) is 6.07 Å². The third-order valence-corrected chi connectivity index (χ3v) is 3.89. The first-order valence-corrected chi connectivity index (χ1v) is 7.19. The Morgan fingerprint density at radius 3 is 2.58 bits per heavy atom. The standard InChI is InChI=1S/C15H18ClFN2/c16-11-7-8-14(17)13(9-11)15(10-18)19-12-5-3-1-2-4-6-12/h7-9,12,15,19H,1-6H2. The smallest absolute Gasteiger partial charge is 0.129 e. The Balaban J connectivity index is 2.11. The molecule has 1 saturated carbocycles. The van der Waals surface area contributed by atoms with Crippen LogP contribution in [0.4, 0.5) is 4.39 Å². The minimum Gasteiger partial charge on any atom is -0.295 e. The molecule has 1 aromatic carbocycles. The molecule has 1 atom stereocenters. The molecule has 1 unspecified atom stereocenters. The highest BCUT2D eigenvalue weighted by molar-refractivity contribution is 6.30. The summed E-state index contributed by atoms with van der Waals surface area (Å²) in [7, 11) is 0. The molecular formula is C15H18ClFN2. The fraction of sp³-hybridized carbons (Fsp3) is 0.533. The van der Waals surface area contributed by atoms with E-state index < -0.39 is 6.04 Å². The van der Waals surface area contributed by atoms with E-state index in [1.54, 1.807) is 0 Å². The fourth-order valence-corrected chi connectivity index (χ4v) is 2.79. The first kappa shape index (κ1) is 14.3. The van der Waals surface area contributed by atoms with Gasteiger partial charge < -0.3 is 0 Å². The maximum absolute atomic E-state index is 13.8. The van der Waals surface area contributed by atoms with Crippen molar-refractivity contribution in [2.75, 3.05) is 0 Å². The van der Waals surface area contributed by atoms with Crippen molar-refractivity contribution in [2.24, 2.45) is 0 Å². The highest BCUT2D eigenvalue weighted by Crippen LogP contribution is 2.24. The van der Waals surface area contributed by atoms with Gasteiger partial charge in [-0.3, -0.25) is 5.32 Å². The van der Waals surface area contributed by atoms with Crippen LogP contribution in [-0.4, -0.2) is 6.04 Å². The predicted octanol–water partition coefficient (Wildman–Crippen LogP) is 4.36. The van der Waals surface area contributed by atoms with Crippen LogP contribution >= 0.6 is 11.6 Å². The average molecular weight is 281 g/mol. The molecular weight excluding hydrogens is 263 g/mol. The summed E-state index contributed by atoms with van der Waals surface area (Å²) >= 11 is 5.88. The summed E-state index contributed by atoms with van der Waals surface area (Å²) in [6, 6.07) is 6.17. The van der Waals surface area contributed by atoms with Gasteiger partial charge in [-0.05, 0) is 31.0 Å². The predicted molar refractivity (Wildman–Crippen MR) is 74.4 cm³/mol. The molecule has 1 fully saturated rings. The van der Waals surface area contributed by atoms with Gasteiger partial charge in [0, 0.05) is 16.6 Å². The number of rotatable bonds is 3. The molecule has 0 heterocycles. The van der Waals surface area contributed by atoms with Crippen molar-refractivity contribution < 1.29 is 4.39 Å². The molecule has 1 aromatic rings. The SMILES string of the molecule is N#CC(NC1CCCCCC1)c1cc(Cl)ccc1F. The van der Waals surface area contributed by atoms with Gasteiger partial charge >= 0.3 is 0 Å². The third-order valence-electron chi connectivity index (χ3n) is 3.66. The number of benzene rings is 1. The average Bonchev–Trinajstić information content (AvgIpc) is 2.67. The van der Waals surface area contributed by atoms with Gasteiger partial charge in [0.1, 0.15) is 11.9 Å². The Morgan fingerprint density at radius 1 is 1.26 bits per heavy atom. The minimum atomic E-state index is -0.623. The Bertz CT molecular complexity index is 462. The van der Waals surface area contributed by atoms with Crippen LogP contribution in [0.5, 0.6) is 0 Å². The zero-order valence-electron chi connectivity index (χ0n) is 10.8. The number of nitrogens with one attached hydrogen (secondary N) is 1. The zero-order chi connectivity index (χ0) is 13.7. The van der Waals surface area contributed by atoms with Crippen LogP contribution in [0.2, 0.25) is 5.02 Å². The molecule has 1 aliphatic rings. The van der Waals surface area contributed by atoms with Gasteiger partial charge in [-0.15, -0.1) is 0 Å². The number of hydrogen-bond donors (Lipinski definition) is 1. The molecule has 0 radical (unpaired) electrons. The summed E-state index contributed by atoms with van der Waals surface area (Å²) in [5.41, 5.74) is 0.347. The van der Waals surface area contributed by atoms with Crippen molar-refractivity contribution in [1.82, 2.24) is 5.32 Å². The normalized spacial score (nSPS) is 18.6. The van der Waals surface area contributed by atoms with Crippen LogP contribution < -0.4 is 5.32 Å². The van der Waals surface area contributed by atoms with Gasteiger partial charge in [-0.1, -0.05) is 37.3 Å². The van der Waals surface area contributed by atoms with Gasteiger partial charge in [-0.25, -0.2) is 4.39 Å². The quantitative estimate of drug-likeness (QED) is 0.835. The second-order valence-electron chi connectivity index (χ2n) is 5.08. The molecule has 102 valence electrons. The van der Waals surface area contributed by atoms with E-state index in [2.05, 4.69) is 11.4 Å². The molecule has 4 heteroatoms. The van der Waals surface area contributed by atoms with Crippen LogP contribution in [-0.2, 0) is 0 Å². The second kappa shape index (κ2) is 6.88. The molecule has 1 aliphatic carbocycles. The van der Waals surface area contributed by atoms with Crippen LogP contribution in [0.3, 0.4) is 0 Å². The number of nitrogens with zero attached hydrogens (tertiary/aromatic N) is 1. The van der Waals surface area contributed by atoms with Gasteiger partial charge in [-0.2, -0.15) is 5.26 Å². The van der Waals surface area contributed by atoms with Crippen LogP contribution in [0.25, 0.3) is 0 Å². The topological polar surface area (TPSA) is 35.8 Å². The summed E-state index contributed by atoms with van der Waals surface area (Å²) in [6.45, 7) is 0. The van der Waals surface area contributed by atoms with Crippen molar-refractivity contribution in [3.8, 4) is 6.07 Å². The van der Waals surface area contributed by atoms with Crippen molar-refractivity contribution in [3.05, 3.63) is 34.6 Å². The molecule has 0 amide bonds. The molecule has 0 aliphatic heterocycles. The molecule has 2 nitrogen and oxygen atoms in total. The third kappa shape index (κ3) is 3.92. The lowest BCUT2D eigenvalue weighted by Crippen LogP contribution is -2.32. The summed E-state index contributed by atoms with van der Waals surface area (Å²) < 4.78 is 13.8. The molecule has 2 rings (SSSR count). The largest absolute Gasteiger partial charge is 0.295 e. The van der Waals surface area contributed by atoms with E-state index in [0.717, 1.165) is 12.8 Å². The van der Waals surface area contributed by atoms with Crippen molar-refractivity contribution in [2.45, 2.75) is 50.6 Å². The fourth-order valence-electron chi connectivity index (χ4n) is 2.61. The molecule has 1 N–H and O–H groups in total. The Labute approximate surface area is 118 Å². The Morgan fingerprint density at radius 2 is 1.95 bits per heavy atom. The van der Waals surface area contributed by atoms with E-state index in [4.69, 9.17) is 11.6 Å². The van der Waals surface area contributed by atoms with Gasteiger partial charge in [0.15, 0.2) is 0 Å². The Kier molecular flexibility index (Phi) is 5.18. The summed E-state index contributed by atoms with van der Waals surface area (Å²) in [5, 5.41) is 13.0. The van der Waals surface area contributed by atoms with Crippen LogP contribution in [0.1, 0.15) is 50.1 Å². The maximum atomic E-state index is 13.8. The molecule has 19 heavy (non-hydrogen) atoms. The number of hydrogen-bond acceptors (Lipinski definition) is 2. The monoisotopic (exact) mass is 280 g/mol. The molecule has 0 spiro atoms. The second-order valence-corrected chi connectivity index (χ2v) is 5.52. The first-order valence-electron chi connectivity index (χ1n) is 6.81. The lowest BCUT2D eigenvalue weighted by molar-refractivity contribution is 0.429. The zero-order valence-corrected chi connectivity index (χ0v) is 11.6. The van der Waals surface area contributed by atoms with E-state index in [9.17, 15) is 9.65 Å². The number of halogens is 2. The lowest BCUT2D eigenvalue weighted by atomic mass is 10.0. The van der Waals surface area contributed by atoms with Gasteiger partial charge in [0.25, 0.3) is 0 Å². The maximum Gasteiger partial charge on any atom is 0.129 e. The molecule has 0 bridgehead atoms. The van der Waals surface area contributed by atoms with E-state index in [1.165, 1.54) is 43.9 Å². The first-order chi connectivity index (χ1) is 9.20. The molecule has 0 saturated heterocycles. The summed E-state index contributed by atoms with van der Waals surface area (Å²) in [6.07, 6.45) is 6.96. The minimum absolute atomic E-state index is 0.297. The van der Waals surface area contributed by atoms with E-state index in [1.807, 2.05) is 0 Å². The number of nitriles is 1. The van der Waals surface area contributed by atoms with Crippen LogP contribution in [0.15, 0.2) is 18.2 Å². The summed E-state index contributed by atoms with van der Waals surface area (Å²) in [5.74, 6) is -0.378. The highest BCUT2D eigenvalue weighted by Gasteiger charge is 2.20. The highest BCUT2D eigenvalue weighted by atomic mass is 35.5. The van der Waals surface area contributed by atoms with E-state index in [-0.39, 0.29) is 5.82 Å². The van der Waals surface area contributed by atoms with Crippen molar-refractivity contribution in [1.29, 1.82) is 5.26 Å². The van der Waals surface area contributed by atoms with E-state index in [0.29, 0.717) is 16.6 Å². The van der Waals surface area contributed by atoms with Crippen molar-refractivity contribution in [3.63, 3.8) is 0 Å². The van der Waals surface area contributed by atoms with E-state index >= 15 is 0 Å². The van der Waals surface area contributed by atoms with Gasteiger partial charge in [0.2, 0.25) is 0 Å². The lowest BCUT2D eigenvalue weighted by Gasteiger charge is -2.21. The van der Waals surface area contributed by atoms with Crippen molar-refractivity contribution >= 4 is 11.6 Å². The summed E-state index contributed by atoms with van der Waals surface area (Å²) in [4.78, 5) is 0. The van der Waals surface area contributed by atoms with Crippen LogP contribution in [0, 0.1) is 17.1 Å². The Hall–Kier alpha value is -1.11. The molecule has 0 aromatic heterocycles.